The molecule has 1 aliphatic rings. The predicted molar refractivity (Wildman–Crippen MR) is 118 cm³/mol. The van der Waals surface area contributed by atoms with Crippen LogP contribution in [-0.4, -0.2) is 74.3 Å². The van der Waals surface area contributed by atoms with Crippen molar-refractivity contribution in [1.82, 2.24) is 15.5 Å². The van der Waals surface area contributed by atoms with Gasteiger partial charge in [-0.1, -0.05) is 0 Å². The second-order valence-corrected chi connectivity index (χ2v) is 8.33. The number of halogens is 1. The van der Waals surface area contributed by atoms with Crippen LogP contribution in [0, 0.1) is 0 Å². The average Bonchev–Trinajstić information content (AvgIpc) is 2.94. The fourth-order valence-corrected chi connectivity index (χ4v) is 3.87. The Balaban J connectivity index is 0.00000529. The largest absolute Gasteiger partial charge is 0.377 e. The maximum Gasteiger partial charge on any atom is 0.191 e. The normalized spacial score (nSPS) is 22.3. The summed E-state index contributed by atoms with van der Waals surface area (Å²) in [5.74, 6) is 2.18. The topological polar surface area (TPSA) is 48.9 Å². The number of nitrogens with zero attached hydrogens (tertiary/aromatic N) is 2. The lowest BCUT2D eigenvalue weighted by Gasteiger charge is -2.23. The van der Waals surface area contributed by atoms with Crippen LogP contribution in [0.4, 0.5) is 0 Å². The molecule has 144 valence electrons. The number of guanidine groups is 1. The van der Waals surface area contributed by atoms with Crippen LogP contribution >= 0.6 is 35.7 Å². The molecule has 1 saturated heterocycles. The standard InChI is InChI=1S/C17H36N4OS.HI/c1-6-18-16(20-14-17(3)10-8-12-23-17)19-13-15(22-7-2)9-11-21(4)5;/h15H,6-14H2,1-5H3,(H2,18,19,20);1H. The molecular weight excluding hydrogens is 435 g/mol. The maximum atomic E-state index is 5.84. The summed E-state index contributed by atoms with van der Waals surface area (Å²) in [4.78, 5) is 7.00. The Morgan fingerprint density at radius 1 is 1.33 bits per heavy atom. The van der Waals surface area contributed by atoms with E-state index in [0.29, 0.717) is 4.75 Å². The summed E-state index contributed by atoms with van der Waals surface area (Å²) in [5, 5.41) is 6.81. The Morgan fingerprint density at radius 2 is 2.08 bits per heavy atom. The minimum atomic E-state index is 0. The van der Waals surface area contributed by atoms with E-state index < -0.39 is 0 Å². The van der Waals surface area contributed by atoms with Gasteiger partial charge in [0.2, 0.25) is 0 Å². The Kier molecular flexibility index (Phi) is 13.6. The summed E-state index contributed by atoms with van der Waals surface area (Å²) in [6.45, 7) is 10.8. The average molecular weight is 472 g/mol. The Labute approximate surface area is 170 Å². The van der Waals surface area contributed by atoms with Crippen LogP contribution in [0.1, 0.15) is 40.0 Å². The van der Waals surface area contributed by atoms with Gasteiger partial charge in [-0.2, -0.15) is 11.8 Å². The van der Waals surface area contributed by atoms with E-state index in [-0.39, 0.29) is 30.1 Å². The monoisotopic (exact) mass is 472 g/mol. The van der Waals surface area contributed by atoms with Gasteiger partial charge in [0.15, 0.2) is 5.96 Å². The lowest BCUT2D eigenvalue weighted by Crippen LogP contribution is -2.43. The Morgan fingerprint density at radius 3 is 2.62 bits per heavy atom. The van der Waals surface area contributed by atoms with Crippen molar-refractivity contribution in [2.24, 2.45) is 4.99 Å². The molecule has 0 radical (unpaired) electrons. The number of hydrogen-bond donors (Lipinski definition) is 2. The predicted octanol–water partition coefficient (Wildman–Crippen LogP) is 2.80. The molecule has 0 amide bonds. The molecule has 0 saturated carbocycles. The SMILES string of the molecule is CCNC(=NCC1(C)CCCS1)NCC(CCN(C)C)OCC.I. The molecule has 0 bridgehead atoms. The number of ether oxygens (including phenoxy) is 1. The Hall–Kier alpha value is 0.270. The van der Waals surface area contributed by atoms with E-state index in [0.717, 1.165) is 45.2 Å². The van der Waals surface area contributed by atoms with Gasteiger partial charge in [-0.05, 0) is 59.9 Å². The third-order valence-corrected chi connectivity index (χ3v) is 5.54. The van der Waals surface area contributed by atoms with Crippen molar-refractivity contribution >= 4 is 41.7 Å². The van der Waals surface area contributed by atoms with E-state index in [4.69, 9.17) is 9.73 Å². The van der Waals surface area contributed by atoms with Gasteiger partial charge in [-0.15, -0.1) is 24.0 Å². The molecule has 0 spiro atoms. The van der Waals surface area contributed by atoms with Crippen molar-refractivity contribution in [1.29, 1.82) is 0 Å². The second kappa shape index (κ2) is 13.5. The molecule has 2 unspecified atom stereocenters. The van der Waals surface area contributed by atoms with Gasteiger partial charge in [0, 0.05) is 31.0 Å². The number of thioether (sulfide) groups is 1. The van der Waals surface area contributed by atoms with Crippen molar-refractivity contribution in [3.8, 4) is 0 Å². The molecule has 0 aromatic rings. The van der Waals surface area contributed by atoms with E-state index in [2.05, 4.69) is 62.2 Å². The highest BCUT2D eigenvalue weighted by molar-refractivity contribution is 14.0. The fraction of sp³-hybridized carbons (Fsp3) is 0.941. The first-order chi connectivity index (χ1) is 11.0. The molecule has 1 fully saturated rings. The van der Waals surface area contributed by atoms with Crippen molar-refractivity contribution in [2.45, 2.75) is 50.9 Å². The zero-order valence-electron chi connectivity index (χ0n) is 16.1. The summed E-state index contributed by atoms with van der Waals surface area (Å²) in [6.07, 6.45) is 3.84. The van der Waals surface area contributed by atoms with Crippen LogP contribution in [-0.2, 0) is 4.74 Å². The van der Waals surface area contributed by atoms with Crippen molar-refractivity contribution in [3.05, 3.63) is 0 Å². The molecule has 5 nitrogen and oxygen atoms in total. The van der Waals surface area contributed by atoms with E-state index >= 15 is 0 Å². The van der Waals surface area contributed by atoms with Gasteiger partial charge >= 0.3 is 0 Å². The van der Waals surface area contributed by atoms with E-state index in [1.54, 1.807) is 0 Å². The summed E-state index contributed by atoms with van der Waals surface area (Å²) in [7, 11) is 4.20. The molecular formula is C17H37IN4OS. The quantitative estimate of drug-likeness (QED) is 0.291. The number of rotatable bonds is 10. The zero-order chi connectivity index (χ0) is 17.1. The first-order valence-corrected chi connectivity index (χ1v) is 9.90. The molecule has 7 heteroatoms. The van der Waals surface area contributed by atoms with Crippen molar-refractivity contribution in [3.63, 3.8) is 0 Å². The molecule has 0 aliphatic carbocycles. The zero-order valence-corrected chi connectivity index (χ0v) is 19.2. The summed E-state index contributed by atoms with van der Waals surface area (Å²) in [6, 6.07) is 0. The lowest BCUT2D eigenvalue weighted by molar-refractivity contribution is 0.0548. The highest BCUT2D eigenvalue weighted by Crippen LogP contribution is 2.37. The molecule has 1 heterocycles. The minimum Gasteiger partial charge on any atom is -0.377 e. The summed E-state index contributed by atoms with van der Waals surface area (Å²) in [5.41, 5.74) is 0. The van der Waals surface area contributed by atoms with Gasteiger partial charge in [0.25, 0.3) is 0 Å². The second-order valence-electron chi connectivity index (χ2n) is 6.65. The van der Waals surface area contributed by atoms with Crippen LogP contribution in [0.2, 0.25) is 0 Å². The van der Waals surface area contributed by atoms with E-state index in [9.17, 15) is 0 Å². The van der Waals surface area contributed by atoms with E-state index in [1.165, 1.54) is 18.6 Å². The van der Waals surface area contributed by atoms with Gasteiger partial charge in [-0.25, -0.2) is 0 Å². The molecule has 24 heavy (non-hydrogen) atoms. The van der Waals surface area contributed by atoms with Crippen molar-refractivity contribution < 1.29 is 4.74 Å². The van der Waals surface area contributed by atoms with Crippen LogP contribution in [0.5, 0.6) is 0 Å². The molecule has 1 aliphatic heterocycles. The highest BCUT2D eigenvalue weighted by atomic mass is 127. The van der Waals surface area contributed by atoms with Crippen LogP contribution in [0.25, 0.3) is 0 Å². The first kappa shape index (κ1) is 24.3. The molecule has 0 aromatic heterocycles. The molecule has 2 N–H and O–H groups in total. The molecule has 2 atom stereocenters. The van der Waals surface area contributed by atoms with Crippen molar-refractivity contribution in [2.75, 3.05) is 52.6 Å². The first-order valence-electron chi connectivity index (χ1n) is 8.91. The molecule has 0 aromatic carbocycles. The number of nitrogens with one attached hydrogen (secondary N) is 2. The number of aliphatic imine (C=N–C) groups is 1. The minimum absolute atomic E-state index is 0. The van der Waals surface area contributed by atoms with Gasteiger partial charge in [-0.3, -0.25) is 4.99 Å². The van der Waals surface area contributed by atoms with Gasteiger partial charge in [0.05, 0.1) is 12.6 Å². The van der Waals surface area contributed by atoms with Gasteiger partial charge in [0.1, 0.15) is 0 Å². The lowest BCUT2D eigenvalue weighted by atomic mass is 10.1. The maximum absolute atomic E-state index is 5.84. The smallest absolute Gasteiger partial charge is 0.191 e. The third kappa shape index (κ3) is 10.3. The van der Waals surface area contributed by atoms with Crippen LogP contribution < -0.4 is 10.6 Å². The Bertz CT molecular complexity index is 349. The number of hydrogen-bond acceptors (Lipinski definition) is 4. The summed E-state index contributed by atoms with van der Waals surface area (Å²) >= 11 is 2.06. The molecule has 1 rings (SSSR count). The van der Waals surface area contributed by atoms with Crippen LogP contribution in [0.15, 0.2) is 4.99 Å². The fourth-order valence-electron chi connectivity index (χ4n) is 2.64. The van der Waals surface area contributed by atoms with E-state index in [1.807, 2.05) is 0 Å². The highest BCUT2D eigenvalue weighted by Gasteiger charge is 2.29. The summed E-state index contributed by atoms with van der Waals surface area (Å²) < 4.78 is 6.15. The van der Waals surface area contributed by atoms with Crippen LogP contribution in [0.3, 0.4) is 0 Å². The third-order valence-electron chi connectivity index (χ3n) is 4.01. The van der Waals surface area contributed by atoms with Gasteiger partial charge < -0.3 is 20.3 Å².